The fourth-order valence-electron chi connectivity index (χ4n) is 1.53. The molecule has 1 aromatic carbocycles. The second-order valence-electron chi connectivity index (χ2n) is 3.09. The molecule has 4 nitrogen and oxygen atoms in total. The number of halogens is 1. The molecule has 0 amide bonds. The van der Waals surface area contributed by atoms with Crippen molar-refractivity contribution in [3.63, 3.8) is 0 Å². The van der Waals surface area contributed by atoms with Gasteiger partial charge in [-0.1, -0.05) is 17.2 Å². The number of hydrogen-bond donors (Lipinski definition) is 0. The molecular weight excluding hydrogens is 185 g/mol. The summed E-state index contributed by atoms with van der Waals surface area (Å²) in [5, 5.41) is 3.40. The third-order valence-corrected chi connectivity index (χ3v) is 2.13. The molecule has 14 heavy (non-hydrogen) atoms. The number of nitrogens with zero attached hydrogens (tertiary/aromatic N) is 3. The fourth-order valence-corrected chi connectivity index (χ4v) is 1.53. The summed E-state index contributed by atoms with van der Waals surface area (Å²) in [6, 6.07) is 4.82. The second kappa shape index (κ2) is 3.55. The van der Waals surface area contributed by atoms with Crippen LogP contribution in [0.3, 0.4) is 0 Å². The van der Waals surface area contributed by atoms with Gasteiger partial charge in [0.15, 0.2) is 11.6 Å². The summed E-state index contributed by atoms with van der Waals surface area (Å²) in [4.78, 5) is 2.64. The topological polar surface area (TPSA) is 58.0 Å². The van der Waals surface area contributed by atoms with Crippen LogP contribution >= 0.6 is 0 Å². The van der Waals surface area contributed by atoms with Gasteiger partial charge in [0.25, 0.3) is 0 Å². The molecule has 5 heteroatoms. The van der Waals surface area contributed by atoms with Crippen LogP contribution in [0.25, 0.3) is 10.4 Å². The van der Waals surface area contributed by atoms with Gasteiger partial charge in [0.1, 0.15) is 6.10 Å². The second-order valence-corrected chi connectivity index (χ2v) is 3.09. The summed E-state index contributed by atoms with van der Waals surface area (Å²) in [7, 11) is 0. The Hall–Kier alpha value is -1.74. The molecule has 1 aromatic rings. The molecular formula is C9H8FN3O. The van der Waals surface area contributed by atoms with Crippen molar-refractivity contribution in [1.82, 2.24) is 0 Å². The van der Waals surface area contributed by atoms with Gasteiger partial charge in [-0.3, -0.25) is 0 Å². The van der Waals surface area contributed by atoms with Crippen molar-refractivity contribution in [1.29, 1.82) is 0 Å². The summed E-state index contributed by atoms with van der Waals surface area (Å²) in [6.45, 7) is 0.241. The van der Waals surface area contributed by atoms with Crippen molar-refractivity contribution in [3.8, 4) is 5.75 Å². The molecule has 0 saturated carbocycles. The van der Waals surface area contributed by atoms with Crippen LogP contribution in [-0.4, -0.2) is 12.6 Å². The van der Waals surface area contributed by atoms with Crippen LogP contribution < -0.4 is 4.74 Å². The lowest BCUT2D eigenvalue weighted by Crippen LogP contribution is -2.16. The first-order chi connectivity index (χ1) is 6.81. The van der Waals surface area contributed by atoms with E-state index in [1.54, 1.807) is 6.07 Å². The van der Waals surface area contributed by atoms with Crippen LogP contribution in [0.4, 0.5) is 4.39 Å². The van der Waals surface area contributed by atoms with Gasteiger partial charge >= 0.3 is 0 Å². The van der Waals surface area contributed by atoms with Crippen molar-refractivity contribution < 1.29 is 9.13 Å². The fraction of sp³-hybridized carbons (Fsp3) is 0.333. The number of rotatable bonds is 2. The minimum atomic E-state index is -0.356. The van der Waals surface area contributed by atoms with Crippen LogP contribution in [0.5, 0.6) is 5.75 Å². The highest BCUT2D eigenvalue weighted by Crippen LogP contribution is 2.31. The van der Waals surface area contributed by atoms with Crippen molar-refractivity contribution in [2.24, 2.45) is 5.11 Å². The molecule has 72 valence electrons. The Balaban J connectivity index is 2.17. The Labute approximate surface area is 79.9 Å². The van der Waals surface area contributed by atoms with Crippen LogP contribution in [-0.2, 0) is 6.42 Å². The number of hydrogen-bond acceptors (Lipinski definition) is 2. The molecule has 0 aromatic heterocycles. The van der Waals surface area contributed by atoms with E-state index >= 15 is 0 Å². The number of ether oxygens (including phenoxy) is 1. The van der Waals surface area contributed by atoms with Gasteiger partial charge in [0.2, 0.25) is 0 Å². The minimum absolute atomic E-state index is 0.224. The Morgan fingerprint density at radius 2 is 2.50 bits per heavy atom. The zero-order valence-electron chi connectivity index (χ0n) is 7.35. The molecule has 0 radical (unpaired) electrons. The predicted octanol–water partition coefficient (Wildman–Crippen LogP) is 2.44. The lowest BCUT2D eigenvalue weighted by Gasteiger charge is -2.05. The maximum absolute atomic E-state index is 13.2. The van der Waals surface area contributed by atoms with Gasteiger partial charge in [-0.05, 0) is 11.6 Å². The molecule has 1 aliphatic rings. The monoisotopic (exact) mass is 193 g/mol. The largest absolute Gasteiger partial charge is 0.487 e. The Bertz CT molecular complexity index is 401. The van der Waals surface area contributed by atoms with Gasteiger partial charge < -0.3 is 4.74 Å². The third kappa shape index (κ3) is 1.49. The zero-order chi connectivity index (χ0) is 9.97. The van der Waals surface area contributed by atoms with E-state index in [1.807, 2.05) is 6.07 Å². The predicted molar refractivity (Wildman–Crippen MR) is 48.5 cm³/mol. The lowest BCUT2D eigenvalue weighted by atomic mass is 10.1. The van der Waals surface area contributed by atoms with Gasteiger partial charge in [0, 0.05) is 16.9 Å². The smallest absolute Gasteiger partial charge is 0.165 e. The minimum Gasteiger partial charge on any atom is -0.487 e. The van der Waals surface area contributed by atoms with Crippen molar-refractivity contribution in [3.05, 3.63) is 40.0 Å². The summed E-state index contributed by atoms with van der Waals surface area (Å²) in [6.07, 6.45) is 0.379. The van der Waals surface area contributed by atoms with E-state index in [4.69, 9.17) is 10.3 Å². The summed E-state index contributed by atoms with van der Waals surface area (Å²) >= 11 is 0. The summed E-state index contributed by atoms with van der Waals surface area (Å²) in [5.41, 5.74) is 8.96. The number of para-hydroxylation sites is 1. The standard InChI is InChI=1S/C9H8FN3O/c10-8-3-1-2-6-4-7(5-12-13-11)14-9(6)8/h1-3,7H,4-5H2/t7-/m1/s1. The molecule has 1 aliphatic heterocycles. The van der Waals surface area contributed by atoms with Gasteiger partial charge in [0.05, 0.1) is 6.54 Å². The van der Waals surface area contributed by atoms with E-state index in [1.165, 1.54) is 6.07 Å². The van der Waals surface area contributed by atoms with E-state index in [2.05, 4.69) is 10.0 Å². The van der Waals surface area contributed by atoms with Crippen LogP contribution in [0, 0.1) is 5.82 Å². The normalized spacial score (nSPS) is 18.2. The van der Waals surface area contributed by atoms with Crippen LogP contribution in [0.1, 0.15) is 5.56 Å². The molecule has 0 saturated heterocycles. The lowest BCUT2D eigenvalue weighted by molar-refractivity contribution is 0.232. The van der Waals surface area contributed by atoms with Crippen molar-refractivity contribution in [2.45, 2.75) is 12.5 Å². The van der Waals surface area contributed by atoms with Gasteiger partial charge in [-0.25, -0.2) is 4.39 Å². The molecule has 0 fully saturated rings. The molecule has 1 atom stereocenters. The number of azide groups is 1. The molecule has 0 unspecified atom stereocenters. The van der Waals surface area contributed by atoms with E-state index in [-0.39, 0.29) is 18.5 Å². The summed E-state index contributed by atoms with van der Waals surface area (Å²) in [5.74, 6) is -0.0587. The third-order valence-electron chi connectivity index (χ3n) is 2.13. The van der Waals surface area contributed by atoms with Crippen LogP contribution in [0.15, 0.2) is 23.3 Å². The van der Waals surface area contributed by atoms with E-state index in [9.17, 15) is 4.39 Å². The maximum atomic E-state index is 13.2. The summed E-state index contributed by atoms with van der Waals surface area (Å²) < 4.78 is 18.5. The highest BCUT2D eigenvalue weighted by molar-refractivity contribution is 5.38. The highest BCUT2D eigenvalue weighted by Gasteiger charge is 2.24. The number of fused-ring (bicyclic) bond motifs is 1. The molecule has 0 aliphatic carbocycles. The number of benzene rings is 1. The van der Waals surface area contributed by atoms with Gasteiger partial charge in [-0.2, -0.15) is 0 Å². The first-order valence-corrected chi connectivity index (χ1v) is 4.26. The molecule has 2 rings (SSSR count). The average Bonchev–Trinajstić information content (AvgIpc) is 2.59. The van der Waals surface area contributed by atoms with Crippen molar-refractivity contribution in [2.75, 3.05) is 6.54 Å². The molecule has 1 heterocycles. The Kier molecular flexibility index (Phi) is 2.24. The van der Waals surface area contributed by atoms with E-state index in [0.29, 0.717) is 12.2 Å². The maximum Gasteiger partial charge on any atom is 0.165 e. The van der Waals surface area contributed by atoms with Crippen molar-refractivity contribution >= 4 is 0 Å². The SMILES string of the molecule is [N-]=[N+]=NC[C@H]1Cc2cccc(F)c2O1. The average molecular weight is 193 g/mol. The highest BCUT2D eigenvalue weighted by atomic mass is 19.1. The quantitative estimate of drug-likeness (QED) is 0.404. The Morgan fingerprint density at radius 3 is 3.21 bits per heavy atom. The van der Waals surface area contributed by atoms with E-state index < -0.39 is 0 Å². The molecule has 0 spiro atoms. The van der Waals surface area contributed by atoms with E-state index in [0.717, 1.165) is 5.56 Å². The van der Waals surface area contributed by atoms with Gasteiger partial charge in [-0.15, -0.1) is 0 Å². The first-order valence-electron chi connectivity index (χ1n) is 4.26. The zero-order valence-corrected chi connectivity index (χ0v) is 7.35. The van der Waals surface area contributed by atoms with Crippen LogP contribution in [0.2, 0.25) is 0 Å². The first kappa shape index (κ1) is 8.84. The Morgan fingerprint density at radius 1 is 1.64 bits per heavy atom. The molecule has 0 N–H and O–H groups in total. The molecule has 0 bridgehead atoms.